The Bertz CT molecular complexity index is 591. The average molecular weight is 345 g/mol. The Kier molecular flexibility index (Phi) is 4.34. The maximum absolute atomic E-state index is 11.3. The fourth-order valence-corrected chi connectivity index (χ4v) is 7.51. The lowest BCUT2D eigenvalue weighted by Crippen LogP contribution is -2.55. The second-order valence-electron chi connectivity index (χ2n) is 9.61. The maximum Gasteiger partial charge on any atom is 0.0962 e. The first-order valence-electron chi connectivity index (χ1n) is 10.7. The number of allylic oxidation sites excluding steroid dienone is 4. The highest BCUT2D eigenvalue weighted by molar-refractivity contribution is 5.36. The SMILES string of the molecule is CCOC1=CC2=CCC3C(C(O)CC4(C)C(CC)CCC34)C2(C)CC1. The number of hydrogen-bond acceptors (Lipinski definition) is 2. The molecule has 2 fully saturated rings. The zero-order valence-electron chi connectivity index (χ0n) is 16.6. The van der Waals surface area contributed by atoms with Gasteiger partial charge in [-0.25, -0.2) is 0 Å². The minimum Gasteiger partial charge on any atom is -0.498 e. The third kappa shape index (κ3) is 2.46. The summed E-state index contributed by atoms with van der Waals surface area (Å²) < 4.78 is 5.81. The molecule has 4 aliphatic rings. The number of hydrogen-bond donors (Lipinski definition) is 1. The molecule has 140 valence electrons. The van der Waals surface area contributed by atoms with Gasteiger partial charge in [-0.1, -0.05) is 33.3 Å². The molecular formula is C23H36O2. The minimum absolute atomic E-state index is 0.133. The van der Waals surface area contributed by atoms with E-state index < -0.39 is 0 Å². The van der Waals surface area contributed by atoms with Crippen molar-refractivity contribution in [3.05, 3.63) is 23.5 Å². The Morgan fingerprint density at radius 2 is 2.04 bits per heavy atom. The Morgan fingerprint density at radius 3 is 2.76 bits per heavy atom. The summed E-state index contributed by atoms with van der Waals surface area (Å²) in [6.45, 7) is 10.1. The van der Waals surface area contributed by atoms with Gasteiger partial charge in [0.1, 0.15) is 0 Å². The van der Waals surface area contributed by atoms with E-state index in [4.69, 9.17) is 4.74 Å². The molecule has 0 aromatic heterocycles. The van der Waals surface area contributed by atoms with Gasteiger partial charge in [0.25, 0.3) is 0 Å². The van der Waals surface area contributed by atoms with Crippen LogP contribution in [0.4, 0.5) is 0 Å². The Morgan fingerprint density at radius 1 is 1.24 bits per heavy atom. The molecule has 0 aromatic carbocycles. The van der Waals surface area contributed by atoms with Crippen LogP contribution in [0.1, 0.15) is 72.6 Å². The molecule has 2 nitrogen and oxygen atoms in total. The van der Waals surface area contributed by atoms with Gasteiger partial charge in [-0.05, 0) is 85.2 Å². The van der Waals surface area contributed by atoms with E-state index in [2.05, 4.69) is 39.8 Å². The molecule has 4 aliphatic carbocycles. The first-order valence-corrected chi connectivity index (χ1v) is 10.7. The lowest BCUT2D eigenvalue weighted by Gasteiger charge is -2.58. The molecule has 7 unspecified atom stereocenters. The number of rotatable bonds is 3. The summed E-state index contributed by atoms with van der Waals surface area (Å²) in [5.74, 6) is 3.85. The predicted octanol–water partition coefficient (Wildman–Crippen LogP) is 5.48. The van der Waals surface area contributed by atoms with Gasteiger partial charge in [0.2, 0.25) is 0 Å². The first-order chi connectivity index (χ1) is 11.9. The molecule has 0 heterocycles. The third-order valence-electron chi connectivity index (χ3n) is 8.68. The van der Waals surface area contributed by atoms with Crippen molar-refractivity contribution in [2.45, 2.75) is 78.7 Å². The van der Waals surface area contributed by atoms with E-state index in [0.29, 0.717) is 17.3 Å². The number of aliphatic hydroxyl groups excluding tert-OH is 1. The van der Waals surface area contributed by atoms with Gasteiger partial charge in [-0.2, -0.15) is 0 Å². The van der Waals surface area contributed by atoms with E-state index in [1.807, 2.05) is 0 Å². The monoisotopic (exact) mass is 344 g/mol. The summed E-state index contributed by atoms with van der Waals surface area (Å²) >= 11 is 0. The number of ether oxygens (including phenoxy) is 1. The topological polar surface area (TPSA) is 29.5 Å². The number of fused-ring (bicyclic) bond motifs is 5. The fraction of sp³-hybridized carbons (Fsp3) is 0.826. The largest absolute Gasteiger partial charge is 0.498 e. The van der Waals surface area contributed by atoms with Gasteiger partial charge in [0.05, 0.1) is 18.5 Å². The zero-order valence-corrected chi connectivity index (χ0v) is 16.6. The van der Waals surface area contributed by atoms with Gasteiger partial charge in [0.15, 0.2) is 0 Å². The minimum atomic E-state index is -0.144. The molecule has 0 amide bonds. The van der Waals surface area contributed by atoms with Gasteiger partial charge in [-0.3, -0.25) is 0 Å². The average Bonchev–Trinajstić information content (AvgIpc) is 2.90. The smallest absolute Gasteiger partial charge is 0.0962 e. The van der Waals surface area contributed by atoms with Crippen LogP contribution >= 0.6 is 0 Å². The van der Waals surface area contributed by atoms with Crippen molar-refractivity contribution in [2.24, 2.45) is 34.5 Å². The molecule has 2 heteroatoms. The van der Waals surface area contributed by atoms with Gasteiger partial charge < -0.3 is 9.84 Å². The molecule has 0 saturated heterocycles. The van der Waals surface area contributed by atoms with Gasteiger partial charge >= 0.3 is 0 Å². The van der Waals surface area contributed by atoms with Crippen LogP contribution in [-0.4, -0.2) is 17.8 Å². The molecule has 0 radical (unpaired) electrons. The highest BCUT2D eigenvalue weighted by Gasteiger charge is 2.60. The van der Waals surface area contributed by atoms with Crippen LogP contribution in [0.5, 0.6) is 0 Å². The van der Waals surface area contributed by atoms with Crippen molar-refractivity contribution < 1.29 is 9.84 Å². The molecular weight excluding hydrogens is 308 g/mol. The zero-order chi connectivity index (χ0) is 17.8. The van der Waals surface area contributed by atoms with Crippen molar-refractivity contribution in [1.29, 1.82) is 0 Å². The molecule has 0 bridgehead atoms. The lowest BCUT2D eigenvalue weighted by atomic mass is 9.47. The van der Waals surface area contributed by atoms with Crippen LogP contribution in [0.25, 0.3) is 0 Å². The van der Waals surface area contributed by atoms with Crippen LogP contribution in [-0.2, 0) is 4.74 Å². The predicted molar refractivity (Wildman–Crippen MR) is 102 cm³/mol. The van der Waals surface area contributed by atoms with Crippen LogP contribution in [0.15, 0.2) is 23.5 Å². The fourth-order valence-electron chi connectivity index (χ4n) is 7.51. The standard InChI is InChI=1S/C23H36O2/c1-5-15-8-10-19-18-9-7-16-13-17(25-6-2)11-12-22(16,3)21(18)20(24)14-23(15,19)4/h7,13,15,18-21,24H,5-6,8-12,14H2,1-4H3. The lowest BCUT2D eigenvalue weighted by molar-refractivity contribution is -0.118. The highest BCUT2D eigenvalue weighted by Crippen LogP contribution is 2.66. The molecule has 0 aliphatic heterocycles. The van der Waals surface area contributed by atoms with Crippen molar-refractivity contribution in [3.63, 3.8) is 0 Å². The van der Waals surface area contributed by atoms with Gasteiger partial charge in [0, 0.05) is 6.42 Å². The molecule has 2 saturated carbocycles. The van der Waals surface area contributed by atoms with E-state index in [0.717, 1.165) is 49.9 Å². The highest BCUT2D eigenvalue weighted by atomic mass is 16.5. The summed E-state index contributed by atoms with van der Waals surface area (Å²) in [5, 5.41) is 11.3. The van der Waals surface area contributed by atoms with Crippen molar-refractivity contribution in [1.82, 2.24) is 0 Å². The molecule has 4 rings (SSSR count). The molecule has 0 aromatic rings. The van der Waals surface area contributed by atoms with Crippen molar-refractivity contribution in [3.8, 4) is 0 Å². The Balaban J connectivity index is 1.69. The Hall–Kier alpha value is -0.760. The summed E-state index contributed by atoms with van der Waals surface area (Å²) in [4.78, 5) is 0. The van der Waals surface area contributed by atoms with Crippen LogP contribution in [0.3, 0.4) is 0 Å². The van der Waals surface area contributed by atoms with Crippen LogP contribution < -0.4 is 0 Å². The van der Waals surface area contributed by atoms with E-state index in [9.17, 15) is 5.11 Å². The normalized spacial score (nSPS) is 48.8. The second-order valence-corrected chi connectivity index (χ2v) is 9.61. The van der Waals surface area contributed by atoms with Crippen LogP contribution in [0, 0.1) is 34.5 Å². The quantitative estimate of drug-likeness (QED) is 0.735. The van der Waals surface area contributed by atoms with Gasteiger partial charge in [-0.15, -0.1) is 0 Å². The summed E-state index contributed by atoms with van der Waals surface area (Å²) in [6.07, 6.45) is 13.0. The Labute approximate surface area is 153 Å². The molecule has 1 N–H and O–H groups in total. The van der Waals surface area contributed by atoms with E-state index in [1.54, 1.807) is 0 Å². The summed E-state index contributed by atoms with van der Waals surface area (Å²) in [7, 11) is 0. The maximum atomic E-state index is 11.3. The number of aliphatic hydroxyl groups is 1. The first kappa shape index (κ1) is 17.6. The van der Waals surface area contributed by atoms with Crippen molar-refractivity contribution in [2.75, 3.05) is 6.61 Å². The van der Waals surface area contributed by atoms with Crippen molar-refractivity contribution >= 4 is 0 Å². The van der Waals surface area contributed by atoms with E-state index >= 15 is 0 Å². The summed E-state index contributed by atoms with van der Waals surface area (Å²) in [6, 6.07) is 0. The molecule has 25 heavy (non-hydrogen) atoms. The second kappa shape index (κ2) is 6.15. The van der Waals surface area contributed by atoms with E-state index in [-0.39, 0.29) is 11.5 Å². The molecule has 7 atom stereocenters. The van der Waals surface area contributed by atoms with Crippen LogP contribution in [0.2, 0.25) is 0 Å². The summed E-state index contributed by atoms with van der Waals surface area (Å²) in [5.41, 5.74) is 1.93. The van der Waals surface area contributed by atoms with E-state index in [1.165, 1.54) is 24.8 Å². The third-order valence-corrected chi connectivity index (χ3v) is 8.68. The molecule has 0 spiro atoms.